The molecule has 5 nitrogen and oxygen atoms in total. The van der Waals surface area contributed by atoms with Crippen LogP contribution in [0.2, 0.25) is 0 Å². The molecule has 0 bridgehead atoms. The molecule has 2 N–H and O–H groups in total. The van der Waals surface area contributed by atoms with Crippen molar-refractivity contribution in [2.45, 2.75) is 31.7 Å². The van der Waals surface area contributed by atoms with E-state index in [0.717, 1.165) is 31.3 Å². The summed E-state index contributed by atoms with van der Waals surface area (Å²) in [6.07, 6.45) is 4.22. The molecule has 1 aliphatic heterocycles. The van der Waals surface area contributed by atoms with E-state index in [1.807, 2.05) is 19.1 Å². The van der Waals surface area contributed by atoms with Gasteiger partial charge in [-0.2, -0.15) is 8.78 Å². The monoisotopic (exact) mass is 321 g/mol. The van der Waals surface area contributed by atoms with E-state index >= 15 is 0 Å². The van der Waals surface area contributed by atoms with Crippen molar-refractivity contribution in [1.82, 2.24) is 19.9 Å². The van der Waals surface area contributed by atoms with Crippen molar-refractivity contribution in [2.24, 2.45) is 7.05 Å². The minimum absolute atomic E-state index is 0.225. The Morgan fingerprint density at radius 3 is 2.70 bits per heavy atom. The van der Waals surface area contributed by atoms with E-state index in [1.165, 1.54) is 4.57 Å². The molecule has 23 heavy (non-hydrogen) atoms. The van der Waals surface area contributed by atoms with Crippen LogP contribution in [0.3, 0.4) is 0 Å². The molecule has 124 valence electrons. The van der Waals surface area contributed by atoms with E-state index in [9.17, 15) is 8.78 Å². The number of pyridine rings is 1. The topological polar surface area (TPSA) is 54.8 Å². The summed E-state index contributed by atoms with van der Waals surface area (Å²) in [5.41, 5.74) is 1.16. The molecular weight excluding hydrogens is 300 g/mol. The number of imidazole rings is 1. The predicted octanol–water partition coefficient (Wildman–Crippen LogP) is 2.54. The van der Waals surface area contributed by atoms with Crippen molar-refractivity contribution in [1.29, 1.82) is 0 Å². The minimum Gasteiger partial charge on any atom is -0.358 e. The van der Waals surface area contributed by atoms with Gasteiger partial charge in [0.1, 0.15) is 5.82 Å². The minimum atomic E-state index is -2.97. The van der Waals surface area contributed by atoms with E-state index in [0.29, 0.717) is 12.2 Å². The van der Waals surface area contributed by atoms with Crippen molar-refractivity contribution in [3.63, 3.8) is 0 Å². The van der Waals surface area contributed by atoms with Crippen LogP contribution in [-0.4, -0.2) is 27.6 Å². The molecule has 0 saturated carbocycles. The zero-order valence-corrected chi connectivity index (χ0v) is 13.5. The summed E-state index contributed by atoms with van der Waals surface area (Å²) >= 11 is 0. The fraction of sp³-hybridized carbons (Fsp3) is 0.500. The summed E-state index contributed by atoms with van der Waals surface area (Å²) in [4.78, 5) is 8.60. The molecule has 0 amide bonds. The zero-order valence-electron chi connectivity index (χ0n) is 13.5. The molecule has 0 unspecified atom stereocenters. The largest absolute Gasteiger partial charge is 0.358 e. The van der Waals surface area contributed by atoms with Crippen molar-refractivity contribution in [3.05, 3.63) is 41.6 Å². The zero-order chi connectivity index (χ0) is 16.7. The fourth-order valence-corrected chi connectivity index (χ4v) is 2.97. The fourth-order valence-electron chi connectivity index (χ4n) is 2.97. The number of aryl methyl sites for hydroxylation is 2. The summed E-state index contributed by atoms with van der Waals surface area (Å²) in [6.45, 7) is 4.26. The lowest BCUT2D eigenvalue weighted by molar-refractivity contribution is 0.00488. The molecule has 0 aromatic carbocycles. The average molecular weight is 321 g/mol. The average Bonchev–Trinajstić information content (AvgIpc) is 3.08. The second-order valence-corrected chi connectivity index (χ2v) is 6.30. The molecule has 2 aromatic heterocycles. The second-order valence-electron chi connectivity index (χ2n) is 6.30. The predicted molar refractivity (Wildman–Crippen MR) is 84.5 cm³/mol. The highest BCUT2D eigenvalue weighted by Gasteiger charge is 2.40. The Bertz CT molecular complexity index is 681. The van der Waals surface area contributed by atoms with Gasteiger partial charge >= 0.3 is 5.92 Å². The first-order valence-corrected chi connectivity index (χ1v) is 7.64. The summed E-state index contributed by atoms with van der Waals surface area (Å²) in [5, 5.41) is 6.68. The molecule has 1 atom stereocenters. The molecule has 3 rings (SSSR count). The number of aromatic nitrogens is 3. The van der Waals surface area contributed by atoms with Gasteiger partial charge in [-0.05, 0) is 31.5 Å². The summed E-state index contributed by atoms with van der Waals surface area (Å²) in [7, 11) is 1.60. The number of rotatable bonds is 4. The highest BCUT2D eigenvalue weighted by atomic mass is 19.3. The van der Waals surface area contributed by atoms with Gasteiger partial charge in [0, 0.05) is 32.9 Å². The summed E-state index contributed by atoms with van der Waals surface area (Å²) in [5.74, 6) is -2.48. The summed E-state index contributed by atoms with van der Waals surface area (Å²) < 4.78 is 28.8. The first-order valence-electron chi connectivity index (χ1n) is 7.64. The van der Waals surface area contributed by atoms with Gasteiger partial charge < -0.3 is 15.2 Å². The number of halogens is 2. The SMILES string of the molecule is Cc1ccc(N[C@@]2(c3cn(C)c(C(C)(F)F)n3)CCNC2)nc1. The first-order chi connectivity index (χ1) is 10.8. The highest BCUT2D eigenvalue weighted by Crippen LogP contribution is 2.34. The molecule has 0 radical (unpaired) electrons. The first kappa shape index (κ1) is 15.9. The lowest BCUT2D eigenvalue weighted by Gasteiger charge is -2.28. The maximum atomic E-state index is 13.7. The molecule has 0 aliphatic carbocycles. The van der Waals surface area contributed by atoms with E-state index in [1.54, 1.807) is 19.4 Å². The molecule has 0 spiro atoms. The molecule has 2 aromatic rings. The summed E-state index contributed by atoms with van der Waals surface area (Å²) in [6, 6.07) is 3.86. The normalized spacial score (nSPS) is 21.6. The van der Waals surface area contributed by atoms with Gasteiger partial charge in [-0.25, -0.2) is 9.97 Å². The number of hydrogen-bond acceptors (Lipinski definition) is 4. The molecule has 1 saturated heterocycles. The van der Waals surface area contributed by atoms with Crippen LogP contribution in [0.25, 0.3) is 0 Å². The number of hydrogen-bond donors (Lipinski definition) is 2. The Labute approximate surface area is 134 Å². The molecule has 7 heteroatoms. The van der Waals surface area contributed by atoms with Crippen LogP contribution in [0, 0.1) is 6.92 Å². The van der Waals surface area contributed by atoms with Crippen LogP contribution in [0.1, 0.15) is 30.4 Å². The van der Waals surface area contributed by atoms with Gasteiger partial charge in [0.15, 0.2) is 5.82 Å². The lowest BCUT2D eigenvalue weighted by Crippen LogP contribution is -2.38. The molecule has 1 aliphatic rings. The Morgan fingerprint density at radius 1 is 1.39 bits per heavy atom. The Balaban J connectivity index is 1.96. The van der Waals surface area contributed by atoms with Crippen molar-refractivity contribution in [3.8, 4) is 0 Å². The second kappa shape index (κ2) is 5.56. The molecule has 1 fully saturated rings. The van der Waals surface area contributed by atoms with Gasteiger partial charge in [0.05, 0.1) is 11.2 Å². The van der Waals surface area contributed by atoms with Crippen molar-refractivity contribution >= 4 is 5.82 Å². The van der Waals surface area contributed by atoms with Crippen LogP contribution >= 0.6 is 0 Å². The highest BCUT2D eigenvalue weighted by molar-refractivity contribution is 5.42. The van der Waals surface area contributed by atoms with E-state index in [-0.39, 0.29) is 5.82 Å². The standard InChI is InChI=1S/C16H21F2N5/c1-11-4-5-13(20-8-11)22-16(6-7-19-10-16)12-9-23(3)14(21-12)15(2,17)18/h4-5,8-9,19H,6-7,10H2,1-3H3,(H,20,22)/t16-/m0/s1. The van der Waals surface area contributed by atoms with Crippen LogP contribution in [0.4, 0.5) is 14.6 Å². The third-order valence-corrected chi connectivity index (χ3v) is 4.19. The van der Waals surface area contributed by atoms with E-state index in [4.69, 9.17) is 0 Å². The van der Waals surface area contributed by atoms with Gasteiger partial charge in [0.2, 0.25) is 0 Å². The van der Waals surface area contributed by atoms with Gasteiger partial charge in [-0.3, -0.25) is 0 Å². The van der Waals surface area contributed by atoms with Crippen LogP contribution < -0.4 is 10.6 Å². The van der Waals surface area contributed by atoms with Crippen molar-refractivity contribution < 1.29 is 8.78 Å². The number of nitrogens with zero attached hydrogens (tertiary/aromatic N) is 3. The maximum Gasteiger partial charge on any atom is 0.302 e. The van der Waals surface area contributed by atoms with E-state index < -0.39 is 11.5 Å². The molecular formula is C16H21F2N5. The number of anilines is 1. The van der Waals surface area contributed by atoms with Crippen LogP contribution in [0.15, 0.2) is 24.5 Å². The third kappa shape index (κ3) is 3.06. The lowest BCUT2D eigenvalue weighted by atomic mass is 9.94. The quantitative estimate of drug-likeness (QED) is 0.909. The Morgan fingerprint density at radius 2 is 2.17 bits per heavy atom. The number of alkyl halides is 2. The third-order valence-electron chi connectivity index (χ3n) is 4.19. The molecule has 3 heterocycles. The Hall–Kier alpha value is -2.02. The Kier molecular flexibility index (Phi) is 3.83. The van der Waals surface area contributed by atoms with Gasteiger partial charge in [0.25, 0.3) is 0 Å². The maximum absolute atomic E-state index is 13.7. The van der Waals surface area contributed by atoms with Gasteiger partial charge in [-0.15, -0.1) is 0 Å². The smallest absolute Gasteiger partial charge is 0.302 e. The van der Waals surface area contributed by atoms with Crippen LogP contribution in [0.5, 0.6) is 0 Å². The van der Waals surface area contributed by atoms with Crippen LogP contribution in [-0.2, 0) is 18.5 Å². The van der Waals surface area contributed by atoms with E-state index in [2.05, 4.69) is 20.6 Å². The van der Waals surface area contributed by atoms with Crippen molar-refractivity contribution in [2.75, 3.05) is 18.4 Å². The van der Waals surface area contributed by atoms with Gasteiger partial charge in [-0.1, -0.05) is 6.07 Å². The number of nitrogens with one attached hydrogen (secondary N) is 2.